The lowest BCUT2D eigenvalue weighted by atomic mass is 10.0. The highest BCUT2D eigenvalue weighted by atomic mass is 19.1. The van der Waals surface area contributed by atoms with E-state index in [4.69, 9.17) is 4.74 Å². The predicted molar refractivity (Wildman–Crippen MR) is 73.9 cm³/mol. The van der Waals surface area contributed by atoms with Gasteiger partial charge in [0.25, 0.3) is 11.6 Å². The average molecular weight is 297 g/mol. The normalized spacial score (nSPS) is 21.1. The van der Waals surface area contributed by atoms with Crippen molar-refractivity contribution in [2.45, 2.75) is 18.9 Å². The second-order valence-corrected chi connectivity index (χ2v) is 5.17. The van der Waals surface area contributed by atoms with Crippen LogP contribution in [0.1, 0.15) is 23.7 Å². The SMILES string of the molecule is CNc1cc(C(=O)NC2(C)CCOC2)c([N+](=O)[O-])cc1F. The number of ether oxygens (including phenoxy) is 1. The first-order valence-corrected chi connectivity index (χ1v) is 6.42. The molecule has 0 spiro atoms. The lowest BCUT2D eigenvalue weighted by molar-refractivity contribution is -0.385. The van der Waals surface area contributed by atoms with E-state index in [9.17, 15) is 19.3 Å². The Morgan fingerprint density at radius 3 is 2.76 bits per heavy atom. The van der Waals surface area contributed by atoms with Gasteiger partial charge in [0.15, 0.2) is 5.82 Å². The van der Waals surface area contributed by atoms with E-state index in [-0.39, 0.29) is 11.3 Å². The zero-order valence-corrected chi connectivity index (χ0v) is 11.7. The molecular formula is C13H16FN3O4. The maximum absolute atomic E-state index is 13.6. The number of hydrogen-bond donors (Lipinski definition) is 2. The van der Waals surface area contributed by atoms with Crippen molar-refractivity contribution in [3.8, 4) is 0 Å². The molecule has 1 aliphatic rings. The third kappa shape index (κ3) is 3.10. The summed E-state index contributed by atoms with van der Waals surface area (Å²) in [5.41, 5.74) is -1.29. The highest BCUT2D eigenvalue weighted by Gasteiger charge is 2.33. The molecule has 7 nitrogen and oxygen atoms in total. The number of hydrogen-bond acceptors (Lipinski definition) is 5. The number of nitro benzene ring substituents is 1. The molecule has 1 aromatic rings. The minimum Gasteiger partial charge on any atom is -0.386 e. The summed E-state index contributed by atoms with van der Waals surface area (Å²) in [5.74, 6) is -1.40. The van der Waals surface area contributed by atoms with Gasteiger partial charge in [0.1, 0.15) is 5.56 Å². The summed E-state index contributed by atoms with van der Waals surface area (Å²) in [6, 6.07) is 1.89. The minimum atomic E-state index is -0.781. The van der Waals surface area contributed by atoms with E-state index >= 15 is 0 Å². The van der Waals surface area contributed by atoms with E-state index in [2.05, 4.69) is 10.6 Å². The Balaban J connectivity index is 2.36. The summed E-state index contributed by atoms with van der Waals surface area (Å²) < 4.78 is 18.8. The van der Waals surface area contributed by atoms with Gasteiger partial charge >= 0.3 is 0 Å². The van der Waals surface area contributed by atoms with Gasteiger partial charge in [0.2, 0.25) is 0 Å². The highest BCUT2D eigenvalue weighted by Crippen LogP contribution is 2.27. The predicted octanol–water partition coefficient (Wildman–Crippen LogP) is 1.68. The smallest absolute Gasteiger partial charge is 0.285 e. The lowest BCUT2D eigenvalue weighted by Crippen LogP contribution is -2.46. The van der Waals surface area contributed by atoms with Crippen molar-refractivity contribution in [1.29, 1.82) is 0 Å². The summed E-state index contributed by atoms with van der Waals surface area (Å²) in [6.45, 7) is 2.66. The second kappa shape index (κ2) is 5.65. The summed E-state index contributed by atoms with van der Waals surface area (Å²) in [5, 5.41) is 16.3. The molecule has 114 valence electrons. The maximum Gasteiger partial charge on any atom is 0.285 e. The Morgan fingerprint density at radius 1 is 1.52 bits per heavy atom. The molecule has 0 aromatic heterocycles. The average Bonchev–Trinajstić information content (AvgIpc) is 2.84. The van der Waals surface area contributed by atoms with Crippen LogP contribution in [0.4, 0.5) is 15.8 Å². The molecule has 0 bridgehead atoms. The maximum atomic E-state index is 13.6. The van der Waals surface area contributed by atoms with Crippen LogP contribution < -0.4 is 10.6 Å². The first kappa shape index (κ1) is 15.2. The molecule has 1 atom stereocenters. The fourth-order valence-corrected chi connectivity index (χ4v) is 2.19. The van der Waals surface area contributed by atoms with Crippen LogP contribution in [0.3, 0.4) is 0 Å². The molecule has 1 saturated heterocycles. The van der Waals surface area contributed by atoms with Gasteiger partial charge in [0, 0.05) is 13.7 Å². The third-order valence-corrected chi connectivity index (χ3v) is 3.43. The zero-order valence-electron chi connectivity index (χ0n) is 11.7. The van der Waals surface area contributed by atoms with Crippen LogP contribution in [0.25, 0.3) is 0 Å². The Hall–Kier alpha value is -2.22. The third-order valence-electron chi connectivity index (χ3n) is 3.43. The van der Waals surface area contributed by atoms with Crippen molar-refractivity contribution in [1.82, 2.24) is 5.32 Å². The van der Waals surface area contributed by atoms with Crippen molar-refractivity contribution in [2.24, 2.45) is 0 Å². The number of nitro groups is 1. The monoisotopic (exact) mass is 297 g/mol. The van der Waals surface area contributed by atoms with Crippen molar-refractivity contribution < 1.29 is 18.8 Å². The Morgan fingerprint density at radius 2 is 2.24 bits per heavy atom. The van der Waals surface area contributed by atoms with E-state index in [0.717, 1.165) is 12.1 Å². The number of rotatable bonds is 4. The van der Waals surface area contributed by atoms with E-state index in [1.807, 2.05) is 0 Å². The summed E-state index contributed by atoms with van der Waals surface area (Å²) in [6.07, 6.45) is 0.618. The topological polar surface area (TPSA) is 93.5 Å². The van der Waals surface area contributed by atoms with E-state index in [0.29, 0.717) is 19.6 Å². The molecule has 1 fully saturated rings. The number of benzene rings is 1. The summed E-state index contributed by atoms with van der Waals surface area (Å²) in [4.78, 5) is 22.5. The van der Waals surface area contributed by atoms with Gasteiger partial charge < -0.3 is 15.4 Å². The molecule has 0 saturated carbocycles. The van der Waals surface area contributed by atoms with E-state index < -0.39 is 27.9 Å². The Labute approximate surface area is 120 Å². The molecule has 0 radical (unpaired) electrons. The van der Waals surface area contributed by atoms with Crippen LogP contribution >= 0.6 is 0 Å². The van der Waals surface area contributed by atoms with Crippen LogP contribution in [-0.4, -0.2) is 36.6 Å². The molecule has 2 rings (SSSR count). The summed E-state index contributed by atoms with van der Waals surface area (Å²) >= 11 is 0. The molecule has 1 aliphatic heterocycles. The standard InChI is InChI=1S/C13H16FN3O4/c1-13(3-4-21-7-13)16-12(18)8-5-10(15-2)9(14)6-11(8)17(19)20/h5-6,15H,3-4,7H2,1-2H3,(H,16,18). The molecule has 21 heavy (non-hydrogen) atoms. The number of carbonyl (C=O) groups excluding carboxylic acids is 1. The highest BCUT2D eigenvalue weighted by molar-refractivity contribution is 5.99. The molecule has 1 unspecified atom stereocenters. The number of halogens is 1. The van der Waals surface area contributed by atoms with Crippen LogP contribution in [0, 0.1) is 15.9 Å². The van der Waals surface area contributed by atoms with Crippen LogP contribution in [0.5, 0.6) is 0 Å². The first-order chi connectivity index (χ1) is 9.86. The summed E-state index contributed by atoms with van der Waals surface area (Å²) in [7, 11) is 1.47. The van der Waals surface area contributed by atoms with Gasteiger partial charge in [-0.05, 0) is 19.4 Å². The second-order valence-electron chi connectivity index (χ2n) is 5.17. The molecule has 1 amide bonds. The van der Waals surface area contributed by atoms with Gasteiger partial charge in [-0.15, -0.1) is 0 Å². The van der Waals surface area contributed by atoms with Crippen molar-refractivity contribution in [2.75, 3.05) is 25.6 Å². The molecule has 0 aliphatic carbocycles. The van der Waals surface area contributed by atoms with Gasteiger partial charge in [-0.3, -0.25) is 14.9 Å². The molecule has 8 heteroatoms. The van der Waals surface area contributed by atoms with Gasteiger partial charge in [-0.2, -0.15) is 0 Å². The number of nitrogens with zero attached hydrogens (tertiary/aromatic N) is 1. The van der Waals surface area contributed by atoms with Crippen molar-refractivity contribution in [3.05, 3.63) is 33.6 Å². The van der Waals surface area contributed by atoms with Gasteiger partial charge in [-0.1, -0.05) is 0 Å². The van der Waals surface area contributed by atoms with Crippen LogP contribution in [-0.2, 0) is 4.74 Å². The minimum absolute atomic E-state index is 0.0265. The fraction of sp³-hybridized carbons (Fsp3) is 0.462. The Bertz CT molecular complexity index is 585. The number of nitrogens with one attached hydrogen (secondary N) is 2. The lowest BCUT2D eigenvalue weighted by Gasteiger charge is -2.23. The number of carbonyl (C=O) groups is 1. The first-order valence-electron chi connectivity index (χ1n) is 6.42. The van der Waals surface area contributed by atoms with E-state index in [1.54, 1.807) is 6.92 Å². The molecule has 1 aromatic carbocycles. The van der Waals surface area contributed by atoms with Crippen LogP contribution in [0.2, 0.25) is 0 Å². The van der Waals surface area contributed by atoms with Gasteiger partial charge in [-0.25, -0.2) is 4.39 Å². The Kier molecular flexibility index (Phi) is 4.08. The quantitative estimate of drug-likeness (QED) is 0.651. The number of anilines is 1. The fourth-order valence-electron chi connectivity index (χ4n) is 2.19. The zero-order chi connectivity index (χ0) is 15.6. The largest absolute Gasteiger partial charge is 0.386 e. The number of amides is 1. The molecule has 1 heterocycles. The van der Waals surface area contributed by atoms with Gasteiger partial charge in [0.05, 0.1) is 28.8 Å². The van der Waals surface area contributed by atoms with Crippen molar-refractivity contribution >= 4 is 17.3 Å². The van der Waals surface area contributed by atoms with Crippen LogP contribution in [0.15, 0.2) is 12.1 Å². The van der Waals surface area contributed by atoms with Crippen molar-refractivity contribution in [3.63, 3.8) is 0 Å². The molecule has 2 N–H and O–H groups in total. The molecular weight excluding hydrogens is 281 g/mol. The van der Waals surface area contributed by atoms with E-state index in [1.165, 1.54) is 7.05 Å².